The Morgan fingerprint density at radius 2 is 0.694 bits per heavy atom. The van der Waals surface area contributed by atoms with E-state index in [4.69, 9.17) is 28.8 Å². The second-order valence-corrected chi connectivity index (χ2v) is 9.55. The summed E-state index contributed by atoms with van der Waals surface area (Å²) in [6.07, 6.45) is 23.6. The number of aliphatic carboxylic acids is 1. The molecule has 0 spiro atoms. The third kappa shape index (κ3) is 33.3. The first-order chi connectivity index (χ1) is 17.8. The Hall–Kier alpha value is -0.730. The van der Waals surface area contributed by atoms with Crippen LogP contribution in [-0.2, 0) is 28.5 Å². The van der Waals surface area contributed by atoms with Crippen LogP contribution in [0.25, 0.3) is 0 Å². The molecule has 0 amide bonds. The molecule has 0 aliphatic rings. The van der Waals surface area contributed by atoms with Crippen molar-refractivity contribution in [3.05, 3.63) is 0 Å². The third-order valence-electron chi connectivity index (χ3n) is 6.11. The predicted octanol–water partition coefficient (Wildman–Crippen LogP) is 6.81. The molecule has 0 aliphatic heterocycles. The minimum Gasteiger partial charge on any atom is -0.480 e. The Bertz CT molecular complexity index is 420. The van der Waals surface area contributed by atoms with Crippen molar-refractivity contribution < 1.29 is 33.6 Å². The molecule has 0 heterocycles. The van der Waals surface area contributed by atoms with Crippen LogP contribution in [0.2, 0.25) is 0 Å². The van der Waals surface area contributed by atoms with Gasteiger partial charge < -0.3 is 28.8 Å². The van der Waals surface area contributed by atoms with Crippen LogP contribution >= 0.6 is 0 Å². The molecule has 1 N–H and O–H groups in total. The molecular formula is C29H58O7. The number of unbranched alkanes of at least 4 members (excludes halogenated alkanes) is 16. The van der Waals surface area contributed by atoms with E-state index in [1.807, 2.05) is 0 Å². The Labute approximate surface area is 221 Å². The van der Waals surface area contributed by atoms with Crippen LogP contribution in [0, 0.1) is 0 Å². The van der Waals surface area contributed by atoms with Crippen LogP contribution in [-0.4, -0.2) is 77.1 Å². The molecule has 216 valence electrons. The quantitative estimate of drug-likeness (QED) is 0.0980. The average Bonchev–Trinajstić information content (AvgIpc) is 2.87. The van der Waals surface area contributed by atoms with Crippen LogP contribution in [0.1, 0.15) is 116 Å². The molecule has 7 nitrogen and oxygen atoms in total. The second kappa shape index (κ2) is 32.3. The van der Waals surface area contributed by atoms with Gasteiger partial charge in [0.15, 0.2) is 0 Å². The van der Waals surface area contributed by atoms with Crippen molar-refractivity contribution in [2.45, 2.75) is 116 Å². The van der Waals surface area contributed by atoms with E-state index in [-0.39, 0.29) is 13.2 Å². The predicted molar refractivity (Wildman–Crippen MR) is 146 cm³/mol. The molecule has 0 atom stereocenters. The lowest BCUT2D eigenvalue weighted by Crippen LogP contribution is -2.14. The van der Waals surface area contributed by atoms with Gasteiger partial charge in [-0.2, -0.15) is 0 Å². The summed E-state index contributed by atoms with van der Waals surface area (Å²) in [5.41, 5.74) is 0. The number of carbonyl (C=O) groups is 1. The summed E-state index contributed by atoms with van der Waals surface area (Å²) in [5.74, 6) is -0.973. The maximum absolute atomic E-state index is 10.3. The fourth-order valence-corrected chi connectivity index (χ4v) is 3.97. The SMILES string of the molecule is CCCCCCCCCCCCCCCCCCCOCCOCCOCCOCCOCC(=O)O. The topological polar surface area (TPSA) is 83.5 Å². The summed E-state index contributed by atoms with van der Waals surface area (Å²) in [6.45, 7) is 6.70. The van der Waals surface area contributed by atoms with Gasteiger partial charge in [0.05, 0.1) is 52.9 Å². The van der Waals surface area contributed by atoms with Crippen molar-refractivity contribution in [3.63, 3.8) is 0 Å². The second-order valence-electron chi connectivity index (χ2n) is 9.55. The molecule has 0 bridgehead atoms. The van der Waals surface area contributed by atoms with Crippen LogP contribution in [0.4, 0.5) is 0 Å². The van der Waals surface area contributed by atoms with Gasteiger partial charge in [0.25, 0.3) is 0 Å². The standard InChI is InChI=1S/C29H58O7/c1-2-3-4-5-6-7-8-9-10-11-12-13-14-15-16-17-18-19-32-20-21-33-22-23-34-24-25-35-26-27-36-28-29(30)31/h2-28H2,1H3,(H,30,31). The van der Waals surface area contributed by atoms with E-state index in [1.165, 1.54) is 103 Å². The summed E-state index contributed by atoms with van der Waals surface area (Å²) in [7, 11) is 0. The van der Waals surface area contributed by atoms with Crippen molar-refractivity contribution in [2.24, 2.45) is 0 Å². The monoisotopic (exact) mass is 518 g/mol. The van der Waals surface area contributed by atoms with E-state index in [2.05, 4.69) is 6.92 Å². The zero-order valence-electron chi connectivity index (χ0n) is 23.5. The summed E-state index contributed by atoms with van der Waals surface area (Å²) in [5, 5.41) is 8.42. The van der Waals surface area contributed by atoms with E-state index in [0.717, 1.165) is 13.0 Å². The summed E-state index contributed by atoms with van der Waals surface area (Å²) in [6, 6.07) is 0. The molecule has 0 aromatic rings. The highest BCUT2D eigenvalue weighted by molar-refractivity contribution is 5.67. The van der Waals surface area contributed by atoms with Gasteiger partial charge in [0, 0.05) is 6.61 Å². The lowest BCUT2D eigenvalue weighted by atomic mass is 10.0. The van der Waals surface area contributed by atoms with Crippen LogP contribution in [0.5, 0.6) is 0 Å². The Morgan fingerprint density at radius 1 is 0.417 bits per heavy atom. The molecular weight excluding hydrogens is 460 g/mol. The lowest BCUT2D eigenvalue weighted by molar-refractivity contribution is -0.142. The number of carboxylic acid groups (broad SMARTS) is 1. The fraction of sp³-hybridized carbons (Fsp3) is 0.966. The molecule has 0 aromatic carbocycles. The third-order valence-corrected chi connectivity index (χ3v) is 6.11. The van der Waals surface area contributed by atoms with Gasteiger partial charge in [0.1, 0.15) is 6.61 Å². The van der Waals surface area contributed by atoms with Crippen molar-refractivity contribution in [1.29, 1.82) is 0 Å². The number of hydrogen-bond donors (Lipinski definition) is 1. The number of carboxylic acids is 1. The van der Waals surface area contributed by atoms with Crippen LogP contribution in [0.15, 0.2) is 0 Å². The first-order valence-corrected chi connectivity index (χ1v) is 14.9. The van der Waals surface area contributed by atoms with Gasteiger partial charge in [-0.1, -0.05) is 110 Å². The van der Waals surface area contributed by atoms with Crippen molar-refractivity contribution in [2.75, 3.05) is 66.1 Å². The van der Waals surface area contributed by atoms with Crippen LogP contribution in [0.3, 0.4) is 0 Å². The van der Waals surface area contributed by atoms with Crippen molar-refractivity contribution in [1.82, 2.24) is 0 Å². The summed E-state index contributed by atoms with van der Waals surface area (Å²) in [4.78, 5) is 10.3. The zero-order chi connectivity index (χ0) is 26.2. The summed E-state index contributed by atoms with van der Waals surface area (Å²) >= 11 is 0. The molecule has 0 unspecified atom stereocenters. The van der Waals surface area contributed by atoms with E-state index >= 15 is 0 Å². The summed E-state index contributed by atoms with van der Waals surface area (Å²) < 4.78 is 26.6. The molecule has 0 aliphatic carbocycles. The van der Waals surface area contributed by atoms with Gasteiger partial charge in [-0.25, -0.2) is 4.79 Å². The van der Waals surface area contributed by atoms with Gasteiger partial charge in [0.2, 0.25) is 0 Å². The highest BCUT2D eigenvalue weighted by Gasteiger charge is 1.97. The van der Waals surface area contributed by atoms with Crippen molar-refractivity contribution in [3.8, 4) is 0 Å². The Balaban J connectivity index is 3.02. The molecule has 0 fully saturated rings. The smallest absolute Gasteiger partial charge is 0.329 e. The molecule has 0 saturated carbocycles. The van der Waals surface area contributed by atoms with E-state index < -0.39 is 5.97 Å². The van der Waals surface area contributed by atoms with E-state index in [1.54, 1.807) is 0 Å². The zero-order valence-corrected chi connectivity index (χ0v) is 23.5. The number of ether oxygens (including phenoxy) is 5. The fourth-order valence-electron chi connectivity index (χ4n) is 3.97. The molecule has 0 rings (SSSR count). The number of rotatable bonds is 32. The molecule has 36 heavy (non-hydrogen) atoms. The average molecular weight is 519 g/mol. The van der Waals surface area contributed by atoms with Crippen LogP contribution < -0.4 is 0 Å². The first-order valence-electron chi connectivity index (χ1n) is 14.9. The maximum atomic E-state index is 10.3. The van der Waals surface area contributed by atoms with E-state index in [0.29, 0.717) is 46.2 Å². The van der Waals surface area contributed by atoms with Gasteiger partial charge in [-0.3, -0.25) is 0 Å². The van der Waals surface area contributed by atoms with Gasteiger partial charge >= 0.3 is 5.97 Å². The highest BCUT2D eigenvalue weighted by atomic mass is 16.6. The molecule has 0 radical (unpaired) electrons. The van der Waals surface area contributed by atoms with Gasteiger partial charge in [-0.15, -0.1) is 0 Å². The normalized spacial score (nSPS) is 11.4. The highest BCUT2D eigenvalue weighted by Crippen LogP contribution is 2.14. The minimum atomic E-state index is -0.973. The molecule has 0 aromatic heterocycles. The lowest BCUT2D eigenvalue weighted by Gasteiger charge is -2.07. The molecule has 0 saturated heterocycles. The Morgan fingerprint density at radius 3 is 1.03 bits per heavy atom. The number of hydrogen-bond acceptors (Lipinski definition) is 6. The molecule has 7 heteroatoms. The van der Waals surface area contributed by atoms with E-state index in [9.17, 15) is 4.79 Å². The first kappa shape index (κ1) is 35.3. The minimum absolute atomic E-state index is 0.273. The van der Waals surface area contributed by atoms with Gasteiger partial charge in [-0.05, 0) is 6.42 Å². The van der Waals surface area contributed by atoms with Crippen molar-refractivity contribution >= 4 is 5.97 Å². The Kier molecular flexibility index (Phi) is 31.6. The maximum Gasteiger partial charge on any atom is 0.329 e. The largest absolute Gasteiger partial charge is 0.480 e.